The molecule has 0 radical (unpaired) electrons. The monoisotopic (exact) mass is 120 g/mol. The van der Waals surface area contributed by atoms with Crippen molar-refractivity contribution in [2.75, 3.05) is 0 Å². The van der Waals surface area contributed by atoms with Gasteiger partial charge in [-0.15, -0.1) is 5.73 Å². The van der Waals surface area contributed by atoms with E-state index in [9.17, 15) is 0 Å². The maximum atomic E-state index is 3.60. The topological polar surface area (TPSA) is 0 Å². The molecule has 0 amide bonds. The summed E-state index contributed by atoms with van der Waals surface area (Å²) >= 11 is 0. The van der Waals surface area contributed by atoms with E-state index < -0.39 is 0 Å². The van der Waals surface area contributed by atoms with Gasteiger partial charge in [0.25, 0.3) is 0 Å². The Morgan fingerprint density at radius 1 is 1.56 bits per heavy atom. The van der Waals surface area contributed by atoms with Crippen molar-refractivity contribution in [3.05, 3.63) is 42.2 Å². The molecule has 0 aliphatic carbocycles. The molecule has 9 heavy (non-hydrogen) atoms. The van der Waals surface area contributed by atoms with Crippen molar-refractivity contribution in [2.24, 2.45) is 0 Å². The van der Waals surface area contributed by atoms with Crippen LogP contribution in [0.5, 0.6) is 0 Å². The first-order valence-electron chi connectivity index (χ1n) is 2.98. The molecule has 0 aromatic carbocycles. The molecule has 0 atom stereocenters. The minimum atomic E-state index is 1.06. The van der Waals surface area contributed by atoms with Crippen LogP contribution in [0.2, 0.25) is 0 Å². The zero-order valence-corrected chi connectivity index (χ0v) is 6.02. The van der Waals surface area contributed by atoms with Gasteiger partial charge in [0.05, 0.1) is 0 Å². The second-order valence-electron chi connectivity index (χ2n) is 1.72. The first-order valence-corrected chi connectivity index (χ1v) is 2.98. The van der Waals surface area contributed by atoms with Crippen LogP contribution in [-0.4, -0.2) is 0 Å². The van der Waals surface area contributed by atoms with E-state index in [-0.39, 0.29) is 0 Å². The molecule has 0 rings (SSSR count). The van der Waals surface area contributed by atoms with Crippen LogP contribution in [0.15, 0.2) is 42.2 Å². The predicted molar refractivity (Wildman–Crippen MR) is 42.3 cm³/mol. The molecule has 0 aliphatic rings. The van der Waals surface area contributed by atoms with Crippen LogP contribution in [0.3, 0.4) is 0 Å². The maximum Gasteiger partial charge on any atom is -0.00973 e. The van der Waals surface area contributed by atoms with Crippen LogP contribution in [0.25, 0.3) is 0 Å². The van der Waals surface area contributed by atoms with Crippen molar-refractivity contribution >= 4 is 0 Å². The van der Waals surface area contributed by atoms with E-state index in [4.69, 9.17) is 0 Å². The van der Waals surface area contributed by atoms with E-state index in [1.165, 1.54) is 0 Å². The minimum Gasteiger partial charge on any atom is -0.118 e. The average molecular weight is 120 g/mol. The summed E-state index contributed by atoms with van der Waals surface area (Å²) in [4.78, 5) is 0. The first kappa shape index (κ1) is 8.00. The highest BCUT2D eigenvalue weighted by atomic mass is 13.7. The SMILES string of the molecule is C=CC(C)=C=CC=CC. The molecule has 0 saturated heterocycles. The Morgan fingerprint density at radius 3 is 2.67 bits per heavy atom. The van der Waals surface area contributed by atoms with E-state index in [1.54, 1.807) is 6.08 Å². The Labute approximate surface area is 56.9 Å². The molecule has 0 spiro atoms. The van der Waals surface area contributed by atoms with Crippen molar-refractivity contribution in [2.45, 2.75) is 13.8 Å². The minimum absolute atomic E-state index is 1.06. The molecule has 0 aromatic heterocycles. The number of hydrogen-bond acceptors (Lipinski definition) is 0. The van der Waals surface area contributed by atoms with E-state index >= 15 is 0 Å². The maximum absolute atomic E-state index is 3.60. The molecule has 0 N–H and O–H groups in total. The molecular formula is C9H12. The molecule has 0 aliphatic heterocycles. The fourth-order valence-electron chi connectivity index (χ4n) is 0.335. The van der Waals surface area contributed by atoms with E-state index in [1.807, 2.05) is 32.1 Å². The van der Waals surface area contributed by atoms with Crippen molar-refractivity contribution < 1.29 is 0 Å². The lowest BCUT2D eigenvalue weighted by Gasteiger charge is -1.76. The fourth-order valence-corrected chi connectivity index (χ4v) is 0.335. The zero-order valence-electron chi connectivity index (χ0n) is 6.02. The lowest BCUT2D eigenvalue weighted by molar-refractivity contribution is 1.55. The van der Waals surface area contributed by atoms with Crippen LogP contribution in [0.1, 0.15) is 13.8 Å². The second kappa shape index (κ2) is 5.14. The highest BCUT2D eigenvalue weighted by Gasteiger charge is 1.67. The second-order valence-corrected chi connectivity index (χ2v) is 1.72. The van der Waals surface area contributed by atoms with Crippen molar-refractivity contribution in [1.29, 1.82) is 0 Å². The Balaban J connectivity index is 4.07. The smallest absolute Gasteiger partial charge is 0.00973 e. The van der Waals surface area contributed by atoms with Gasteiger partial charge in [-0.05, 0) is 25.5 Å². The third kappa shape index (κ3) is 4.86. The zero-order chi connectivity index (χ0) is 7.11. The van der Waals surface area contributed by atoms with Gasteiger partial charge in [0.15, 0.2) is 0 Å². The summed E-state index contributed by atoms with van der Waals surface area (Å²) in [6.45, 7) is 7.53. The van der Waals surface area contributed by atoms with E-state index in [0.717, 1.165) is 5.57 Å². The Morgan fingerprint density at radius 2 is 2.22 bits per heavy atom. The summed E-state index contributed by atoms with van der Waals surface area (Å²) in [7, 11) is 0. The normalized spacial score (nSPS) is 8.67. The van der Waals surface area contributed by atoms with Crippen LogP contribution in [-0.2, 0) is 0 Å². The summed E-state index contributed by atoms with van der Waals surface area (Å²) in [6.07, 6.45) is 7.55. The number of hydrogen-bond donors (Lipinski definition) is 0. The van der Waals surface area contributed by atoms with Gasteiger partial charge < -0.3 is 0 Å². The lowest BCUT2D eigenvalue weighted by Crippen LogP contribution is -1.56. The Bertz CT molecular complexity index is 164. The van der Waals surface area contributed by atoms with Crippen LogP contribution in [0.4, 0.5) is 0 Å². The van der Waals surface area contributed by atoms with Gasteiger partial charge in [-0.25, -0.2) is 0 Å². The van der Waals surface area contributed by atoms with Crippen LogP contribution < -0.4 is 0 Å². The van der Waals surface area contributed by atoms with Crippen LogP contribution in [0, 0.1) is 0 Å². The average Bonchev–Trinajstić information content (AvgIpc) is 1.89. The van der Waals surface area contributed by atoms with Crippen molar-refractivity contribution in [3.63, 3.8) is 0 Å². The largest absolute Gasteiger partial charge is 0.118 e. The quantitative estimate of drug-likeness (QED) is 0.388. The third-order valence-electron chi connectivity index (χ3n) is 0.906. The fraction of sp³-hybridized carbons (Fsp3) is 0.222. The van der Waals surface area contributed by atoms with E-state index in [2.05, 4.69) is 12.3 Å². The molecule has 0 heteroatoms. The van der Waals surface area contributed by atoms with Gasteiger partial charge in [0.1, 0.15) is 0 Å². The van der Waals surface area contributed by atoms with Gasteiger partial charge in [0, 0.05) is 0 Å². The van der Waals surface area contributed by atoms with E-state index in [0.29, 0.717) is 0 Å². The summed E-state index contributed by atoms with van der Waals surface area (Å²) in [5.41, 5.74) is 4.08. The standard InChI is InChI=1S/C9H12/c1-4-6-7-8-9(3)5-2/h4-7H,2H2,1,3H3. The van der Waals surface area contributed by atoms with Gasteiger partial charge in [-0.2, -0.15) is 0 Å². The summed E-state index contributed by atoms with van der Waals surface area (Å²) in [6, 6.07) is 0. The summed E-state index contributed by atoms with van der Waals surface area (Å²) in [5, 5.41) is 0. The molecule has 0 fully saturated rings. The molecular weight excluding hydrogens is 108 g/mol. The molecule has 0 unspecified atom stereocenters. The number of allylic oxidation sites excluding steroid dienone is 4. The van der Waals surface area contributed by atoms with Crippen molar-refractivity contribution in [1.82, 2.24) is 0 Å². The molecule has 0 aromatic rings. The van der Waals surface area contributed by atoms with Gasteiger partial charge in [0.2, 0.25) is 0 Å². The Kier molecular flexibility index (Phi) is 4.57. The molecule has 48 valence electrons. The molecule has 0 nitrogen and oxygen atoms in total. The molecule has 0 saturated carbocycles. The molecule has 0 heterocycles. The highest BCUT2D eigenvalue weighted by molar-refractivity contribution is 5.15. The van der Waals surface area contributed by atoms with Gasteiger partial charge in [-0.3, -0.25) is 0 Å². The lowest BCUT2D eigenvalue weighted by atomic mass is 10.3. The third-order valence-corrected chi connectivity index (χ3v) is 0.906. The number of rotatable bonds is 2. The summed E-state index contributed by atoms with van der Waals surface area (Å²) in [5.74, 6) is 0. The van der Waals surface area contributed by atoms with Gasteiger partial charge in [-0.1, -0.05) is 24.8 Å². The predicted octanol–water partition coefficient (Wildman–Crippen LogP) is 2.85. The Hall–Kier alpha value is -1.00. The van der Waals surface area contributed by atoms with Crippen LogP contribution >= 0.6 is 0 Å². The highest BCUT2D eigenvalue weighted by Crippen LogP contribution is 1.87. The van der Waals surface area contributed by atoms with Gasteiger partial charge >= 0.3 is 0 Å². The van der Waals surface area contributed by atoms with Crippen molar-refractivity contribution in [3.8, 4) is 0 Å². The summed E-state index contributed by atoms with van der Waals surface area (Å²) < 4.78 is 0. The molecule has 0 bridgehead atoms. The first-order chi connectivity index (χ1) is 4.31.